The molecule has 1 N–H and O–H groups in total. The number of allylic oxidation sites excluding steroid dienone is 2. The van der Waals surface area contributed by atoms with Crippen molar-refractivity contribution in [3.8, 4) is 11.8 Å². The monoisotopic (exact) mass is 341 g/mol. The lowest BCUT2D eigenvalue weighted by molar-refractivity contribution is -0.205. The number of fused-ring (bicyclic) bond motifs is 1. The lowest BCUT2D eigenvalue weighted by Crippen LogP contribution is -2.61. The highest BCUT2D eigenvalue weighted by Gasteiger charge is 2.57. The Labute approximate surface area is 147 Å². The zero-order chi connectivity index (χ0) is 18.2. The zero-order valence-electron chi connectivity index (χ0n) is 14.8. The van der Waals surface area contributed by atoms with Gasteiger partial charge in [0.25, 0.3) is 0 Å². The highest BCUT2D eigenvalue weighted by Crippen LogP contribution is 2.52. The first kappa shape index (κ1) is 17.5. The number of carbonyl (C=O) groups excluding carboxylic acids is 1. The largest absolute Gasteiger partial charge is 0.487 e. The van der Waals surface area contributed by atoms with Gasteiger partial charge in [0.15, 0.2) is 11.9 Å². The molecule has 1 aliphatic heterocycles. The lowest BCUT2D eigenvalue weighted by atomic mass is 9.72. The number of carbonyl (C=O) groups is 1. The Kier molecular flexibility index (Phi) is 4.34. The van der Waals surface area contributed by atoms with E-state index in [1.54, 1.807) is 25.1 Å². The van der Waals surface area contributed by atoms with Crippen molar-refractivity contribution in [3.63, 3.8) is 0 Å². The molecule has 0 aromatic heterocycles. The summed E-state index contributed by atoms with van der Waals surface area (Å²) in [5.74, 6) is 1.22. The van der Waals surface area contributed by atoms with Crippen molar-refractivity contribution in [3.05, 3.63) is 41.2 Å². The van der Waals surface area contributed by atoms with E-state index in [2.05, 4.69) is 6.07 Å². The van der Waals surface area contributed by atoms with Gasteiger partial charge in [0.05, 0.1) is 11.6 Å². The average Bonchev–Trinajstić information content (AvgIpc) is 3.02. The summed E-state index contributed by atoms with van der Waals surface area (Å²) < 4.78 is 12.3. The molecule has 1 aliphatic carbocycles. The molecule has 1 heterocycles. The third-order valence-corrected chi connectivity index (χ3v) is 5.51. The van der Waals surface area contributed by atoms with Crippen molar-refractivity contribution in [2.75, 3.05) is 0 Å². The maximum absolute atomic E-state index is 11.6. The van der Waals surface area contributed by atoms with Crippen LogP contribution in [0.5, 0.6) is 5.75 Å². The molecule has 5 nitrogen and oxygen atoms in total. The number of rotatable bonds is 4. The van der Waals surface area contributed by atoms with E-state index in [4.69, 9.17) is 9.47 Å². The first-order valence-corrected chi connectivity index (χ1v) is 8.72. The van der Waals surface area contributed by atoms with Crippen LogP contribution < -0.4 is 4.74 Å². The second-order valence-corrected chi connectivity index (χ2v) is 6.89. The van der Waals surface area contributed by atoms with Crippen molar-refractivity contribution in [2.45, 2.75) is 63.8 Å². The summed E-state index contributed by atoms with van der Waals surface area (Å²) in [7, 11) is 0. The molecule has 132 valence electrons. The van der Waals surface area contributed by atoms with Gasteiger partial charge in [-0.3, -0.25) is 4.79 Å². The van der Waals surface area contributed by atoms with Crippen molar-refractivity contribution >= 4 is 5.78 Å². The lowest BCUT2D eigenvalue weighted by Gasteiger charge is -2.52. The SMILES string of the molecule is CCC1(CC)Oc2ccc(C#N)cc2C(OC2=CC(=O)CC2)C1(C)O. The van der Waals surface area contributed by atoms with E-state index in [1.807, 2.05) is 13.8 Å². The summed E-state index contributed by atoms with van der Waals surface area (Å²) in [6.07, 6.45) is 2.96. The third kappa shape index (κ3) is 2.71. The molecule has 0 amide bonds. The van der Waals surface area contributed by atoms with Crippen molar-refractivity contribution in [2.24, 2.45) is 0 Å². The molecule has 0 radical (unpaired) electrons. The van der Waals surface area contributed by atoms with Crippen LogP contribution in [0.1, 0.15) is 63.7 Å². The minimum absolute atomic E-state index is 0.0324. The van der Waals surface area contributed by atoms with Gasteiger partial charge in [0.2, 0.25) is 0 Å². The molecule has 0 saturated carbocycles. The Morgan fingerprint density at radius 2 is 2.08 bits per heavy atom. The first-order chi connectivity index (χ1) is 11.9. The molecule has 25 heavy (non-hydrogen) atoms. The molecule has 2 unspecified atom stereocenters. The van der Waals surface area contributed by atoms with Gasteiger partial charge in [-0.05, 0) is 38.0 Å². The highest BCUT2D eigenvalue weighted by molar-refractivity contribution is 5.92. The summed E-state index contributed by atoms with van der Waals surface area (Å²) in [4.78, 5) is 11.6. The van der Waals surface area contributed by atoms with Gasteiger partial charge in [0.1, 0.15) is 22.7 Å². The van der Waals surface area contributed by atoms with E-state index < -0.39 is 17.3 Å². The van der Waals surface area contributed by atoms with E-state index in [0.29, 0.717) is 48.3 Å². The van der Waals surface area contributed by atoms with Gasteiger partial charge in [0, 0.05) is 24.5 Å². The Bertz CT molecular complexity index is 768. The van der Waals surface area contributed by atoms with E-state index in [1.165, 1.54) is 6.08 Å². The molecule has 0 bridgehead atoms. The second kappa shape index (κ2) is 6.20. The van der Waals surface area contributed by atoms with Crippen LogP contribution in [-0.4, -0.2) is 22.1 Å². The topological polar surface area (TPSA) is 79.5 Å². The Balaban J connectivity index is 2.12. The van der Waals surface area contributed by atoms with Crippen LogP contribution >= 0.6 is 0 Å². The van der Waals surface area contributed by atoms with Crippen LogP contribution in [0.4, 0.5) is 0 Å². The maximum Gasteiger partial charge on any atom is 0.159 e. The van der Waals surface area contributed by atoms with Gasteiger partial charge in [-0.15, -0.1) is 0 Å². The van der Waals surface area contributed by atoms with E-state index in [-0.39, 0.29) is 5.78 Å². The number of ether oxygens (including phenoxy) is 2. The molecular weight excluding hydrogens is 318 g/mol. The number of benzene rings is 1. The number of ketones is 1. The van der Waals surface area contributed by atoms with Gasteiger partial charge in [-0.25, -0.2) is 0 Å². The van der Waals surface area contributed by atoms with Gasteiger partial charge in [-0.2, -0.15) is 5.26 Å². The zero-order valence-corrected chi connectivity index (χ0v) is 14.8. The number of nitriles is 1. The predicted molar refractivity (Wildman–Crippen MR) is 91.9 cm³/mol. The average molecular weight is 341 g/mol. The molecule has 1 aromatic carbocycles. The van der Waals surface area contributed by atoms with Crippen molar-refractivity contribution in [1.29, 1.82) is 5.26 Å². The van der Waals surface area contributed by atoms with Crippen molar-refractivity contribution in [1.82, 2.24) is 0 Å². The summed E-state index contributed by atoms with van der Waals surface area (Å²) in [5.41, 5.74) is -1.00. The number of hydrogen-bond acceptors (Lipinski definition) is 5. The molecule has 0 saturated heterocycles. The smallest absolute Gasteiger partial charge is 0.159 e. The van der Waals surface area contributed by atoms with Gasteiger partial charge in [-0.1, -0.05) is 13.8 Å². The fourth-order valence-corrected chi connectivity index (χ4v) is 3.87. The number of hydrogen-bond donors (Lipinski definition) is 1. The quantitative estimate of drug-likeness (QED) is 0.906. The number of nitrogens with zero attached hydrogens (tertiary/aromatic N) is 1. The van der Waals surface area contributed by atoms with Crippen molar-refractivity contribution < 1.29 is 19.4 Å². The van der Waals surface area contributed by atoms with Gasteiger partial charge < -0.3 is 14.6 Å². The van der Waals surface area contributed by atoms with E-state index >= 15 is 0 Å². The van der Waals surface area contributed by atoms with Gasteiger partial charge >= 0.3 is 0 Å². The molecule has 0 fully saturated rings. The Hall–Kier alpha value is -2.32. The summed E-state index contributed by atoms with van der Waals surface area (Å²) in [5, 5.41) is 20.7. The standard InChI is InChI=1S/C20H23NO4/c1-4-20(5-2)19(3,23)18(24-15-8-7-14(22)11-15)16-10-13(12-21)6-9-17(16)25-20/h6,9-11,18,23H,4-5,7-8H2,1-3H3. The Morgan fingerprint density at radius 3 is 2.64 bits per heavy atom. The molecule has 5 heteroatoms. The van der Waals surface area contributed by atoms with Crippen LogP contribution in [0.25, 0.3) is 0 Å². The molecule has 1 aromatic rings. The van der Waals surface area contributed by atoms with E-state index in [0.717, 1.165) is 0 Å². The van der Waals surface area contributed by atoms with Crippen LogP contribution in [0.2, 0.25) is 0 Å². The first-order valence-electron chi connectivity index (χ1n) is 8.72. The predicted octanol–water partition coefficient (Wildman–Crippen LogP) is 3.56. The molecule has 2 aliphatic rings. The highest BCUT2D eigenvalue weighted by atomic mass is 16.6. The fourth-order valence-electron chi connectivity index (χ4n) is 3.87. The molecule has 0 spiro atoms. The second-order valence-electron chi connectivity index (χ2n) is 6.89. The maximum atomic E-state index is 11.6. The van der Waals surface area contributed by atoms with Crippen LogP contribution in [0.15, 0.2) is 30.0 Å². The Morgan fingerprint density at radius 1 is 1.36 bits per heavy atom. The van der Waals surface area contributed by atoms with Crippen LogP contribution in [0, 0.1) is 11.3 Å². The molecule has 3 rings (SSSR count). The summed E-state index contributed by atoms with van der Waals surface area (Å²) in [6, 6.07) is 7.26. The minimum atomic E-state index is -1.32. The third-order valence-electron chi connectivity index (χ3n) is 5.51. The minimum Gasteiger partial charge on any atom is -0.487 e. The number of aliphatic hydroxyl groups is 1. The molecule has 2 atom stereocenters. The van der Waals surface area contributed by atoms with E-state index in [9.17, 15) is 15.2 Å². The normalized spacial score (nSPS) is 27.1. The molecular formula is C20H23NO4. The summed E-state index contributed by atoms with van der Waals surface area (Å²) >= 11 is 0. The van der Waals surface area contributed by atoms with Crippen LogP contribution in [0.3, 0.4) is 0 Å². The van der Waals surface area contributed by atoms with Crippen LogP contribution in [-0.2, 0) is 9.53 Å². The fraction of sp³-hybridized carbons (Fsp3) is 0.500. The summed E-state index contributed by atoms with van der Waals surface area (Å²) in [6.45, 7) is 5.66.